The predicted octanol–water partition coefficient (Wildman–Crippen LogP) is 3.68. The smallest absolute Gasteiger partial charge is 0.0711 e. The van der Waals surface area contributed by atoms with Gasteiger partial charge in [-0.1, -0.05) is 20.8 Å². The van der Waals surface area contributed by atoms with Crippen molar-refractivity contribution < 1.29 is 15.3 Å². The van der Waals surface area contributed by atoms with Gasteiger partial charge in [0.2, 0.25) is 0 Å². The van der Waals surface area contributed by atoms with E-state index in [0.717, 1.165) is 62.3 Å². The first-order chi connectivity index (χ1) is 14.7. The molecular formula is C27H45NO3. The molecule has 2 aliphatic heterocycles. The predicted molar refractivity (Wildman–Crippen MR) is 121 cm³/mol. The van der Waals surface area contributed by atoms with Gasteiger partial charge < -0.3 is 15.3 Å². The standard InChI is InChI=1S/C27H45NO3/c1-15-4-5-24-16(2)18-7-9-27(31)20(19(18)14-28(24)13-15)11-21-22(27)12-25(30)23-10-17(29)6-8-26(21,23)3/h15-25,29-31H,4-14H2,1-3H3/t15-,16-,17+,18-,19-,20+,21+,22-,23-,24+,25-,26-,27+/m1/s1. The summed E-state index contributed by atoms with van der Waals surface area (Å²) in [5.41, 5.74) is -0.503. The molecule has 6 rings (SSSR count). The number of rotatable bonds is 0. The lowest BCUT2D eigenvalue weighted by atomic mass is 9.50. The average molecular weight is 432 g/mol. The average Bonchev–Trinajstić information content (AvgIpc) is 3.03. The van der Waals surface area contributed by atoms with Crippen molar-refractivity contribution in [2.24, 2.45) is 52.8 Å². The molecule has 2 heterocycles. The molecular weight excluding hydrogens is 386 g/mol. The number of aliphatic hydroxyl groups is 3. The second-order valence-corrected chi connectivity index (χ2v) is 13.3. The van der Waals surface area contributed by atoms with Crippen molar-refractivity contribution in [3.8, 4) is 0 Å². The van der Waals surface area contributed by atoms with E-state index in [9.17, 15) is 15.3 Å². The zero-order valence-corrected chi connectivity index (χ0v) is 19.9. The highest BCUT2D eigenvalue weighted by molar-refractivity contribution is 5.17. The molecule has 6 fully saturated rings. The van der Waals surface area contributed by atoms with Gasteiger partial charge in [0.1, 0.15) is 0 Å². The van der Waals surface area contributed by atoms with E-state index >= 15 is 0 Å². The van der Waals surface area contributed by atoms with E-state index in [1.54, 1.807) is 0 Å². The van der Waals surface area contributed by atoms with Gasteiger partial charge in [-0.3, -0.25) is 4.90 Å². The Labute approximate surface area is 188 Å². The van der Waals surface area contributed by atoms with Gasteiger partial charge in [-0.15, -0.1) is 0 Å². The largest absolute Gasteiger partial charge is 0.393 e. The number of hydrogen-bond donors (Lipinski definition) is 3. The maximum Gasteiger partial charge on any atom is 0.0711 e. The Balaban J connectivity index is 1.32. The van der Waals surface area contributed by atoms with Gasteiger partial charge in [0, 0.05) is 19.1 Å². The molecule has 0 aromatic rings. The molecule has 13 atom stereocenters. The summed E-state index contributed by atoms with van der Waals surface area (Å²) in [6.07, 6.45) is 8.78. The van der Waals surface area contributed by atoms with Crippen LogP contribution in [-0.2, 0) is 0 Å². The summed E-state index contributed by atoms with van der Waals surface area (Å²) in [5.74, 6) is 4.30. The zero-order chi connectivity index (χ0) is 21.7. The molecule has 0 aromatic carbocycles. The van der Waals surface area contributed by atoms with Gasteiger partial charge in [0.25, 0.3) is 0 Å². The Hall–Kier alpha value is -0.160. The van der Waals surface area contributed by atoms with Crippen molar-refractivity contribution in [3.63, 3.8) is 0 Å². The van der Waals surface area contributed by atoms with Crippen LogP contribution in [0.1, 0.15) is 78.6 Å². The highest BCUT2D eigenvalue weighted by atomic mass is 16.3. The first-order valence-corrected chi connectivity index (χ1v) is 13.5. The van der Waals surface area contributed by atoms with E-state index < -0.39 is 5.60 Å². The molecule has 0 amide bonds. The maximum atomic E-state index is 12.3. The molecule has 0 spiro atoms. The fourth-order valence-corrected chi connectivity index (χ4v) is 10.6. The van der Waals surface area contributed by atoms with Gasteiger partial charge in [0.05, 0.1) is 17.8 Å². The van der Waals surface area contributed by atoms with Crippen molar-refractivity contribution in [2.75, 3.05) is 13.1 Å². The molecule has 176 valence electrons. The molecule has 0 radical (unpaired) electrons. The molecule has 4 nitrogen and oxygen atoms in total. The number of piperidine rings is 2. The van der Waals surface area contributed by atoms with E-state index in [4.69, 9.17) is 0 Å². The normalized spacial score (nSPS) is 61.5. The molecule has 31 heavy (non-hydrogen) atoms. The lowest BCUT2D eigenvalue weighted by Gasteiger charge is -2.59. The first-order valence-electron chi connectivity index (χ1n) is 13.5. The Morgan fingerprint density at radius 2 is 1.58 bits per heavy atom. The molecule has 0 bridgehead atoms. The minimum atomic E-state index is -0.579. The fraction of sp³-hybridized carbons (Fsp3) is 1.00. The monoisotopic (exact) mass is 431 g/mol. The molecule has 4 heteroatoms. The van der Waals surface area contributed by atoms with Crippen LogP contribution in [0, 0.1) is 52.8 Å². The molecule has 3 N–H and O–H groups in total. The molecule has 4 saturated carbocycles. The van der Waals surface area contributed by atoms with E-state index in [2.05, 4.69) is 25.7 Å². The summed E-state index contributed by atoms with van der Waals surface area (Å²) in [7, 11) is 0. The van der Waals surface area contributed by atoms with Crippen molar-refractivity contribution in [1.82, 2.24) is 4.90 Å². The molecule has 4 aliphatic carbocycles. The Morgan fingerprint density at radius 3 is 2.39 bits per heavy atom. The number of aliphatic hydroxyl groups excluding tert-OH is 2. The summed E-state index contributed by atoms with van der Waals surface area (Å²) in [5, 5.41) is 33.8. The topological polar surface area (TPSA) is 63.9 Å². The Bertz CT molecular complexity index is 713. The van der Waals surface area contributed by atoms with Crippen molar-refractivity contribution >= 4 is 0 Å². The molecule has 0 aromatic heterocycles. The van der Waals surface area contributed by atoms with Crippen LogP contribution in [0.5, 0.6) is 0 Å². The van der Waals surface area contributed by atoms with Crippen LogP contribution in [0.4, 0.5) is 0 Å². The van der Waals surface area contributed by atoms with Crippen LogP contribution in [0.3, 0.4) is 0 Å². The summed E-state index contributed by atoms with van der Waals surface area (Å²) in [4.78, 5) is 2.81. The van der Waals surface area contributed by atoms with E-state index in [-0.39, 0.29) is 29.5 Å². The number of nitrogens with zero attached hydrogens (tertiary/aromatic N) is 1. The van der Waals surface area contributed by atoms with E-state index in [1.165, 1.54) is 32.4 Å². The second kappa shape index (κ2) is 7.17. The van der Waals surface area contributed by atoms with Crippen molar-refractivity contribution in [1.29, 1.82) is 0 Å². The van der Waals surface area contributed by atoms with Gasteiger partial charge in [-0.2, -0.15) is 0 Å². The van der Waals surface area contributed by atoms with Crippen LogP contribution < -0.4 is 0 Å². The minimum absolute atomic E-state index is 0.0760. The summed E-state index contributed by atoms with van der Waals surface area (Å²) >= 11 is 0. The summed E-state index contributed by atoms with van der Waals surface area (Å²) < 4.78 is 0. The maximum absolute atomic E-state index is 12.3. The summed E-state index contributed by atoms with van der Waals surface area (Å²) in [6, 6.07) is 0.760. The Morgan fingerprint density at radius 1 is 0.774 bits per heavy atom. The summed E-state index contributed by atoms with van der Waals surface area (Å²) in [6.45, 7) is 9.76. The third-order valence-corrected chi connectivity index (χ3v) is 12.1. The van der Waals surface area contributed by atoms with Crippen molar-refractivity contribution in [3.05, 3.63) is 0 Å². The second-order valence-electron chi connectivity index (χ2n) is 13.3. The highest BCUT2D eigenvalue weighted by Crippen LogP contribution is 2.68. The van der Waals surface area contributed by atoms with E-state index in [0.29, 0.717) is 17.8 Å². The van der Waals surface area contributed by atoms with Crippen molar-refractivity contribution in [2.45, 2.75) is 102 Å². The Kier molecular flexibility index (Phi) is 4.94. The lowest BCUT2D eigenvalue weighted by Crippen LogP contribution is -2.62. The molecule has 0 unspecified atom stereocenters. The molecule has 2 saturated heterocycles. The highest BCUT2D eigenvalue weighted by Gasteiger charge is 2.67. The van der Waals surface area contributed by atoms with Gasteiger partial charge in [-0.25, -0.2) is 0 Å². The van der Waals surface area contributed by atoms with Crippen LogP contribution in [-0.4, -0.2) is 57.2 Å². The lowest BCUT2D eigenvalue weighted by molar-refractivity contribution is -0.176. The number of fused-ring (bicyclic) bond motifs is 8. The van der Waals surface area contributed by atoms with Gasteiger partial charge >= 0.3 is 0 Å². The van der Waals surface area contributed by atoms with Crippen LogP contribution in [0.25, 0.3) is 0 Å². The van der Waals surface area contributed by atoms with Crippen LogP contribution in [0.2, 0.25) is 0 Å². The van der Waals surface area contributed by atoms with Gasteiger partial charge in [-0.05, 0) is 111 Å². The third-order valence-electron chi connectivity index (χ3n) is 12.1. The first kappa shape index (κ1) is 21.4. The SMILES string of the molecule is C[C@@H]1CC[C@H]2[C@H](C)[C@H]3CC[C@@]4(O)[C@@H]5C[C@@H](O)[C@H]6C[C@@H](O)CC[C@]6(C)[C@H]5C[C@H]4[C@@H]3CN2C1. The quantitative estimate of drug-likeness (QED) is 0.547. The zero-order valence-electron chi connectivity index (χ0n) is 19.9. The van der Waals surface area contributed by atoms with Crippen LogP contribution in [0.15, 0.2) is 0 Å². The van der Waals surface area contributed by atoms with E-state index in [1.807, 2.05) is 0 Å². The fourth-order valence-electron chi connectivity index (χ4n) is 10.6. The third kappa shape index (κ3) is 2.93. The number of hydrogen-bond acceptors (Lipinski definition) is 4. The molecule has 6 aliphatic rings. The minimum Gasteiger partial charge on any atom is -0.393 e. The van der Waals surface area contributed by atoms with Crippen LogP contribution >= 0.6 is 0 Å². The van der Waals surface area contributed by atoms with Gasteiger partial charge in [0.15, 0.2) is 0 Å².